The Kier molecular flexibility index (Phi) is 12.1. The van der Waals surface area contributed by atoms with Gasteiger partial charge in [-0.2, -0.15) is 0 Å². The molecule has 2 aliphatic rings. The minimum atomic E-state index is 0.122. The highest BCUT2D eigenvalue weighted by Crippen LogP contribution is 2.08. The van der Waals surface area contributed by atoms with E-state index >= 15 is 0 Å². The highest BCUT2D eigenvalue weighted by molar-refractivity contribution is 5.77. The van der Waals surface area contributed by atoms with E-state index in [1.807, 2.05) is 18.7 Å². The predicted octanol–water partition coefficient (Wildman–Crippen LogP) is 1.31. The molecule has 0 unspecified atom stereocenters. The van der Waals surface area contributed by atoms with Crippen LogP contribution in [0.25, 0.3) is 0 Å². The number of hydrogen-bond acceptors (Lipinski definition) is 5. The van der Waals surface area contributed by atoms with Crippen LogP contribution in [0.3, 0.4) is 0 Å². The molecule has 0 N–H and O–H groups in total. The fourth-order valence-corrected chi connectivity index (χ4v) is 2.88. The second kappa shape index (κ2) is 13.6. The third-order valence-electron chi connectivity index (χ3n) is 4.45. The molecule has 2 aliphatic heterocycles. The van der Waals surface area contributed by atoms with Gasteiger partial charge in [-0.15, -0.1) is 0 Å². The molecule has 6 nitrogen and oxygen atoms in total. The molecule has 0 aromatic rings. The first-order valence-corrected chi connectivity index (χ1v) is 9.60. The normalized spacial score (nSPS) is 19.7. The van der Waals surface area contributed by atoms with Gasteiger partial charge >= 0.3 is 0 Å². The van der Waals surface area contributed by atoms with E-state index in [9.17, 15) is 4.79 Å². The minimum absolute atomic E-state index is 0.122. The van der Waals surface area contributed by atoms with Crippen LogP contribution in [0, 0.1) is 0 Å². The van der Waals surface area contributed by atoms with Crippen LogP contribution in [0.2, 0.25) is 0 Å². The van der Waals surface area contributed by atoms with Gasteiger partial charge < -0.3 is 19.3 Å². The quantitative estimate of drug-likeness (QED) is 0.622. The maximum atomic E-state index is 11.9. The average molecular weight is 344 g/mol. The summed E-state index contributed by atoms with van der Waals surface area (Å²) in [4.78, 5) is 18.6. The molecular formula is C18H37N3O3. The molecule has 6 heteroatoms. The minimum Gasteiger partial charge on any atom is -0.378 e. The zero-order chi connectivity index (χ0) is 17.6. The summed E-state index contributed by atoms with van der Waals surface area (Å²) < 4.78 is 11.0. The van der Waals surface area contributed by atoms with Crippen LogP contribution < -0.4 is 0 Å². The van der Waals surface area contributed by atoms with E-state index in [1.54, 1.807) is 0 Å². The molecule has 0 bridgehead atoms. The summed E-state index contributed by atoms with van der Waals surface area (Å²) in [6, 6.07) is 0. The summed E-state index contributed by atoms with van der Waals surface area (Å²) in [7, 11) is 2.16. The molecule has 0 saturated carbocycles. The van der Waals surface area contributed by atoms with Gasteiger partial charge in [0, 0.05) is 45.8 Å². The molecule has 2 saturated heterocycles. The van der Waals surface area contributed by atoms with Crippen molar-refractivity contribution in [3.05, 3.63) is 0 Å². The van der Waals surface area contributed by atoms with E-state index in [0.29, 0.717) is 13.2 Å². The molecule has 24 heavy (non-hydrogen) atoms. The summed E-state index contributed by atoms with van der Waals surface area (Å²) in [6.07, 6.45) is 3.49. The number of piperidine rings is 1. The molecule has 0 aromatic heterocycles. The van der Waals surface area contributed by atoms with Crippen LogP contribution in [0.5, 0.6) is 0 Å². The van der Waals surface area contributed by atoms with Crippen molar-refractivity contribution >= 4 is 5.91 Å². The number of amides is 1. The lowest BCUT2D eigenvalue weighted by atomic mass is 10.1. The molecule has 2 rings (SSSR count). The van der Waals surface area contributed by atoms with Crippen molar-refractivity contribution in [2.45, 2.75) is 33.1 Å². The highest BCUT2D eigenvalue weighted by Gasteiger charge is 2.16. The Morgan fingerprint density at radius 3 is 2.12 bits per heavy atom. The maximum absolute atomic E-state index is 11.9. The van der Waals surface area contributed by atoms with Gasteiger partial charge in [0.25, 0.3) is 0 Å². The molecule has 0 aromatic carbocycles. The van der Waals surface area contributed by atoms with Gasteiger partial charge in [0.15, 0.2) is 0 Å². The topological polar surface area (TPSA) is 45.3 Å². The van der Waals surface area contributed by atoms with Gasteiger partial charge in [-0.05, 0) is 26.3 Å². The summed E-state index contributed by atoms with van der Waals surface area (Å²) in [6.45, 7) is 13.3. The van der Waals surface area contributed by atoms with Crippen molar-refractivity contribution in [2.75, 3.05) is 79.3 Å². The molecule has 2 heterocycles. The van der Waals surface area contributed by atoms with Gasteiger partial charge in [0.05, 0.1) is 19.8 Å². The van der Waals surface area contributed by atoms with E-state index in [-0.39, 0.29) is 12.5 Å². The Morgan fingerprint density at radius 2 is 1.46 bits per heavy atom. The van der Waals surface area contributed by atoms with Crippen molar-refractivity contribution < 1.29 is 14.3 Å². The van der Waals surface area contributed by atoms with E-state index in [0.717, 1.165) is 65.3 Å². The number of rotatable bonds is 8. The summed E-state index contributed by atoms with van der Waals surface area (Å²) in [5, 5.41) is 0. The van der Waals surface area contributed by atoms with Crippen LogP contribution in [0.15, 0.2) is 0 Å². The van der Waals surface area contributed by atoms with Gasteiger partial charge in [0.1, 0.15) is 6.61 Å². The summed E-state index contributed by atoms with van der Waals surface area (Å²) in [5.41, 5.74) is 0. The fourth-order valence-electron chi connectivity index (χ4n) is 2.88. The van der Waals surface area contributed by atoms with Crippen molar-refractivity contribution in [3.8, 4) is 0 Å². The van der Waals surface area contributed by atoms with Crippen LogP contribution in [0.1, 0.15) is 33.1 Å². The van der Waals surface area contributed by atoms with E-state index < -0.39 is 0 Å². The van der Waals surface area contributed by atoms with Gasteiger partial charge in [0.2, 0.25) is 5.91 Å². The lowest BCUT2D eigenvalue weighted by Crippen LogP contribution is -2.45. The molecule has 142 valence electrons. The Bertz CT molecular complexity index is 315. The first-order chi connectivity index (χ1) is 11.8. The standard InChI is InChI=1S/C16H31N3O3.C2H6/c1-17-7-9-18(10-8-17)11-12-21-13-14-22-15-16(20)19-5-3-2-4-6-19;1-2/h2-15H2,1H3;1-2H3. The highest BCUT2D eigenvalue weighted by atomic mass is 16.5. The Balaban J connectivity index is 0.00000139. The zero-order valence-corrected chi connectivity index (χ0v) is 16.0. The predicted molar refractivity (Wildman–Crippen MR) is 97.4 cm³/mol. The van der Waals surface area contributed by atoms with Crippen LogP contribution in [-0.4, -0.2) is 99.9 Å². The molecule has 2 fully saturated rings. The summed E-state index contributed by atoms with van der Waals surface area (Å²) >= 11 is 0. The summed E-state index contributed by atoms with van der Waals surface area (Å²) in [5.74, 6) is 0.122. The van der Waals surface area contributed by atoms with Crippen LogP contribution in [0.4, 0.5) is 0 Å². The Labute approximate surface area is 148 Å². The molecule has 0 spiro atoms. The average Bonchev–Trinajstić information content (AvgIpc) is 2.64. The largest absolute Gasteiger partial charge is 0.378 e. The number of carbonyl (C=O) groups excluding carboxylic acids is 1. The number of hydrogen-bond donors (Lipinski definition) is 0. The van der Waals surface area contributed by atoms with Crippen molar-refractivity contribution in [2.24, 2.45) is 0 Å². The van der Waals surface area contributed by atoms with E-state index in [2.05, 4.69) is 16.8 Å². The lowest BCUT2D eigenvalue weighted by molar-refractivity contribution is -0.137. The number of ether oxygens (including phenoxy) is 2. The van der Waals surface area contributed by atoms with E-state index in [1.165, 1.54) is 6.42 Å². The van der Waals surface area contributed by atoms with Gasteiger partial charge in [-0.1, -0.05) is 13.8 Å². The number of carbonyl (C=O) groups is 1. The monoisotopic (exact) mass is 343 g/mol. The molecule has 0 atom stereocenters. The molecule has 0 aliphatic carbocycles. The van der Waals surface area contributed by atoms with Crippen LogP contribution in [-0.2, 0) is 14.3 Å². The molecule has 0 radical (unpaired) electrons. The van der Waals surface area contributed by atoms with Crippen LogP contribution >= 0.6 is 0 Å². The fraction of sp³-hybridized carbons (Fsp3) is 0.944. The molecule has 1 amide bonds. The molecular weight excluding hydrogens is 306 g/mol. The Hall–Kier alpha value is -0.690. The maximum Gasteiger partial charge on any atom is 0.248 e. The number of likely N-dealkylation sites (N-methyl/N-ethyl adjacent to an activating group) is 1. The zero-order valence-electron chi connectivity index (χ0n) is 16.0. The number of piperazine rings is 1. The first-order valence-electron chi connectivity index (χ1n) is 9.60. The lowest BCUT2D eigenvalue weighted by Gasteiger charge is -2.32. The SMILES string of the molecule is CC.CN1CCN(CCOCCOCC(=O)N2CCCCC2)CC1. The van der Waals surface area contributed by atoms with Gasteiger partial charge in [-0.3, -0.25) is 9.69 Å². The number of nitrogens with zero attached hydrogens (tertiary/aromatic N) is 3. The Morgan fingerprint density at radius 1 is 0.833 bits per heavy atom. The van der Waals surface area contributed by atoms with E-state index in [4.69, 9.17) is 9.47 Å². The second-order valence-electron chi connectivity index (χ2n) is 6.25. The first kappa shape index (κ1) is 21.4. The third kappa shape index (κ3) is 8.97. The number of likely N-dealkylation sites (tertiary alicyclic amines) is 1. The van der Waals surface area contributed by atoms with Crippen molar-refractivity contribution in [1.82, 2.24) is 14.7 Å². The van der Waals surface area contributed by atoms with Crippen molar-refractivity contribution in [1.29, 1.82) is 0 Å². The van der Waals surface area contributed by atoms with Crippen molar-refractivity contribution in [3.63, 3.8) is 0 Å². The third-order valence-corrected chi connectivity index (χ3v) is 4.45. The second-order valence-corrected chi connectivity index (χ2v) is 6.25. The smallest absolute Gasteiger partial charge is 0.248 e. The van der Waals surface area contributed by atoms with Gasteiger partial charge in [-0.25, -0.2) is 0 Å².